The van der Waals surface area contributed by atoms with Crippen LogP contribution in [0.25, 0.3) is 0 Å². The van der Waals surface area contributed by atoms with Gasteiger partial charge in [0.2, 0.25) is 5.91 Å². The number of hydrogen-bond acceptors (Lipinski definition) is 3. The van der Waals surface area contributed by atoms with Crippen LogP contribution in [0.3, 0.4) is 0 Å². The quantitative estimate of drug-likeness (QED) is 0.601. The number of β-lactam (4-membered cyclic amide) rings is 1. The highest BCUT2D eigenvalue weighted by Gasteiger charge is 2.47. The molecule has 1 N–H and O–H groups in total. The minimum absolute atomic E-state index is 0.0362. The number of amides is 1. The lowest BCUT2D eigenvalue weighted by molar-refractivity contribution is -0.130. The van der Waals surface area contributed by atoms with Crippen molar-refractivity contribution in [3.8, 4) is 5.75 Å². The van der Waals surface area contributed by atoms with Gasteiger partial charge in [0.05, 0.1) is 19.1 Å². The molecule has 25 heavy (non-hydrogen) atoms. The number of carbonyl (C=O) groups is 1. The topological polar surface area (TPSA) is 41.6 Å². The zero-order chi connectivity index (χ0) is 17.8. The molecule has 4 nitrogen and oxygen atoms in total. The van der Waals surface area contributed by atoms with Crippen LogP contribution in [-0.4, -0.2) is 19.6 Å². The number of nitrogens with zero attached hydrogens (tertiary/aromatic N) is 1. The van der Waals surface area contributed by atoms with Crippen molar-refractivity contribution in [1.29, 1.82) is 0 Å². The molecule has 1 aliphatic heterocycles. The van der Waals surface area contributed by atoms with E-state index >= 15 is 0 Å². The number of benzene rings is 2. The number of hydrogen-bond donors (Lipinski definition) is 1. The monoisotopic (exact) mass is 336 g/mol. The molecule has 4 heteroatoms. The summed E-state index contributed by atoms with van der Waals surface area (Å²) >= 11 is 0. The first-order chi connectivity index (χ1) is 12.2. The van der Waals surface area contributed by atoms with Crippen LogP contribution in [0.2, 0.25) is 0 Å². The Morgan fingerprint density at radius 1 is 1.16 bits per heavy atom. The highest BCUT2D eigenvalue weighted by atomic mass is 16.5. The molecule has 1 aliphatic rings. The Labute approximate surface area is 149 Å². The maximum absolute atomic E-state index is 12.6. The molecule has 3 rings (SSSR count). The molecule has 0 spiro atoms. The maximum atomic E-state index is 12.6. The smallest absolute Gasteiger partial charge is 0.233 e. The Hall–Kier alpha value is -2.75. The van der Waals surface area contributed by atoms with E-state index in [0.29, 0.717) is 0 Å². The van der Waals surface area contributed by atoms with Gasteiger partial charge in [0, 0.05) is 17.9 Å². The van der Waals surface area contributed by atoms with Crippen molar-refractivity contribution in [1.82, 2.24) is 0 Å². The van der Waals surface area contributed by atoms with Crippen molar-refractivity contribution < 1.29 is 9.53 Å². The molecule has 0 unspecified atom stereocenters. The van der Waals surface area contributed by atoms with Crippen molar-refractivity contribution in [2.75, 3.05) is 23.9 Å². The van der Waals surface area contributed by atoms with Gasteiger partial charge in [-0.05, 0) is 48.4 Å². The van der Waals surface area contributed by atoms with Crippen molar-refractivity contribution in [3.63, 3.8) is 0 Å². The predicted molar refractivity (Wildman–Crippen MR) is 102 cm³/mol. The lowest BCUT2D eigenvalue weighted by Gasteiger charge is -2.47. The lowest BCUT2D eigenvalue weighted by atomic mass is 9.80. The fourth-order valence-electron chi connectivity index (χ4n) is 3.35. The summed E-state index contributed by atoms with van der Waals surface area (Å²) in [6, 6.07) is 16.1. The zero-order valence-corrected chi connectivity index (χ0v) is 14.7. The largest absolute Gasteiger partial charge is 0.497 e. The van der Waals surface area contributed by atoms with Gasteiger partial charge in [0.15, 0.2) is 0 Å². The number of methoxy groups -OCH3 is 1. The Balaban J connectivity index is 1.85. The van der Waals surface area contributed by atoms with Gasteiger partial charge in [-0.3, -0.25) is 4.79 Å². The molecule has 0 aliphatic carbocycles. The molecule has 130 valence electrons. The van der Waals surface area contributed by atoms with Crippen LogP contribution < -0.4 is 15.0 Å². The van der Waals surface area contributed by atoms with E-state index in [0.717, 1.165) is 35.7 Å². The van der Waals surface area contributed by atoms with Gasteiger partial charge in [-0.1, -0.05) is 25.1 Å². The number of carbonyl (C=O) groups excluding carboxylic acids is 1. The number of nitrogens with one attached hydrogen (secondary N) is 1. The third-order valence-electron chi connectivity index (χ3n) is 4.71. The summed E-state index contributed by atoms with van der Waals surface area (Å²) in [5.74, 6) is 1.01. The third kappa shape index (κ3) is 3.25. The summed E-state index contributed by atoms with van der Waals surface area (Å²) in [7, 11) is 1.64. The van der Waals surface area contributed by atoms with E-state index in [1.807, 2.05) is 35.2 Å². The number of rotatable bonds is 7. The molecule has 0 aromatic heterocycles. The molecule has 2 aromatic carbocycles. The molecular weight excluding hydrogens is 312 g/mol. The van der Waals surface area contributed by atoms with Crippen LogP contribution in [-0.2, 0) is 4.79 Å². The molecule has 0 bridgehead atoms. The molecule has 2 atom stereocenters. The van der Waals surface area contributed by atoms with Crippen LogP contribution in [0, 0.1) is 5.92 Å². The summed E-state index contributed by atoms with van der Waals surface area (Å²) in [5.41, 5.74) is 3.12. The van der Waals surface area contributed by atoms with Gasteiger partial charge in [-0.15, -0.1) is 6.58 Å². The van der Waals surface area contributed by atoms with Crippen LogP contribution in [0.5, 0.6) is 5.75 Å². The summed E-state index contributed by atoms with van der Waals surface area (Å²) in [6.07, 6.45) is 2.67. The molecule has 1 saturated heterocycles. The van der Waals surface area contributed by atoms with Gasteiger partial charge < -0.3 is 15.0 Å². The number of ether oxygens (including phenoxy) is 1. The second kappa shape index (κ2) is 7.43. The first kappa shape index (κ1) is 17.1. The summed E-state index contributed by atoms with van der Waals surface area (Å²) < 4.78 is 5.21. The second-order valence-electron chi connectivity index (χ2n) is 6.16. The van der Waals surface area contributed by atoms with Crippen LogP contribution in [0.4, 0.5) is 11.4 Å². The fourth-order valence-corrected chi connectivity index (χ4v) is 3.35. The molecule has 1 fully saturated rings. The fraction of sp³-hybridized carbons (Fsp3) is 0.286. The van der Waals surface area contributed by atoms with E-state index < -0.39 is 0 Å². The van der Waals surface area contributed by atoms with Crippen LogP contribution >= 0.6 is 0 Å². The van der Waals surface area contributed by atoms with Gasteiger partial charge in [-0.25, -0.2) is 0 Å². The molecule has 1 heterocycles. The van der Waals surface area contributed by atoms with E-state index in [4.69, 9.17) is 4.74 Å². The molecule has 0 saturated carbocycles. The Kier molecular flexibility index (Phi) is 5.08. The Morgan fingerprint density at radius 3 is 2.40 bits per heavy atom. The lowest BCUT2D eigenvalue weighted by Crippen LogP contribution is -2.55. The van der Waals surface area contributed by atoms with Crippen molar-refractivity contribution in [2.24, 2.45) is 5.92 Å². The first-order valence-corrected chi connectivity index (χ1v) is 8.61. The van der Waals surface area contributed by atoms with E-state index in [-0.39, 0.29) is 17.9 Å². The van der Waals surface area contributed by atoms with E-state index in [1.165, 1.54) is 0 Å². The Morgan fingerprint density at radius 2 is 1.84 bits per heavy atom. The predicted octanol–water partition coefficient (Wildman–Crippen LogP) is 4.41. The standard InChI is InChI=1S/C21H24N2O2/c1-4-14-22-16-8-6-15(7-9-16)20-19(5-2)21(24)23(20)17-10-12-18(25-3)13-11-17/h4,6-13,19-20,22H,1,5,14H2,2-3H3/t19-,20+/m1/s1. The van der Waals surface area contributed by atoms with Gasteiger partial charge in [-0.2, -0.15) is 0 Å². The summed E-state index contributed by atoms with van der Waals surface area (Å²) in [4.78, 5) is 14.5. The van der Waals surface area contributed by atoms with Gasteiger partial charge >= 0.3 is 0 Å². The third-order valence-corrected chi connectivity index (χ3v) is 4.71. The minimum Gasteiger partial charge on any atom is -0.497 e. The normalized spacial score (nSPS) is 19.3. The molecule has 1 amide bonds. The first-order valence-electron chi connectivity index (χ1n) is 8.61. The Bertz CT molecular complexity index is 737. The average molecular weight is 336 g/mol. The van der Waals surface area contributed by atoms with Gasteiger partial charge in [0.1, 0.15) is 5.75 Å². The van der Waals surface area contributed by atoms with E-state index in [1.54, 1.807) is 7.11 Å². The highest BCUT2D eigenvalue weighted by molar-refractivity contribution is 6.03. The molecule has 0 radical (unpaired) electrons. The van der Waals surface area contributed by atoms with Crippen LogP contribution in [0.1, 0.15) is 24.9 Å². The van der Waals surface area contributed by atoms with E-state index in [2.05, 4.69) is 43.1 Å². The SMILES string of the molecule is C=CCNc1ccc([C@H]2[C@@H](CC)C(=O)N2c2ccc(OC)cc2)cc1. The number of anilines is 2. The summed E-state index contributed by atoms with van der Waals surface area (Å²) in [5, 5.41) is 3.27. The maximum Gasteiger partial charge on any atom is 0.233 e. The minimum atomic E-state index is 0.0362. The molecule has 2 aromatic rings. The second-order valence-corrected chi connectivity index (χ2v) is 6.16. The van der Waals surface area contributed by atoms with Crippen molar-refractivity contribution in [2.45, 2.75) is 19.4 Å². The van der Waals surface area contributed by atoms with Crippen LogP contribution in [0.15, 0.2) is 61.2 Å². The summed E-state index contributed by atoms with van der Waals surface area (Å²) in [6.45, 7) is 6.52. The average Bonchev–Trinajstić information content (AvgIpc) is 2.66. The van der Waals surface area contributed by atoms with Crippen molar-refractivity contribution >= 4 is 17.3 Å². The highest BCUT2D eigenvalue weighted by Crippen LogP contribution is 2.45. The molecular formula is C21H24N2O2. The zero-order valence-electron chi connectivity index (χ0n) is 14.7. The van der Waals surface area contributed by atoms with Crippen molar-refractivity contribution in [3.05, 3.63) is 66.7 Å². The van der Waals surface area contributed by atoms with Gasteiger partial charge in [0.25, 0.3) is 0 Å². The van der Waals surface area contributed by atoms with E-state index in [9.17, 15) is 4.79 Å².